The molecule has 0 radical (unpaired) electrons. The zero-order valence-corrected chi connectivity index (χ0v) is 15.2. The number of carbonyl (C=O) groups is 1. The Labute approximate surface area is 157 Å². The van der Waals surface area contributed by atoms with Crippen molar-refractivity contribution in [3.8, 4) is 11.1 Å². The fourth-order valence-electron chi connectivity index (χ4n) is 3.28. The van der Waals surface area contributed by atoms with Crippen molar-refractivity contribution in [3.63, 3.8) is 0 Å². The van der Waals surface area contributed by atoms with Crippen LogP contribution < -0.4 is 11.1 Å². The molecule has 3 N–H and O–H groups in total. The van der Waals surface area contributed by atoms with Gasteiger partial charge in [0.1, 0.15) is 5.82 Å². The van der Waals surface area contributed by atoms with Gasteiger partial charge >= 0.3 is 0 Å². The van der Waals surface area contributed by atoms with E-state index in [2.05, 4.69) is 22.4 Å². The predicted molar refractivity (Wildman–Crippen MR) is 104 cm³/mol. The fraction of sp³-hybridized carbons (Fsp3) is 0.286. The molecule has 3 aromatic rings. The molecule has 1 fully saturated rings. The van der Waals surface area contributed by atoms with E-state index in [1.54, 1.807) is 12.3 Å². The topological polar surface area (TPSA) is 94.0 Å². The first kappa shape index (κ1) is 17.3. The van der Waals surface area contributed by atoms with Crippen LogP contribution >= 0.6 is 0 Å². The van der Waals surface area contributed by atoms with Crippen LogP contribution in [-0.4, -0.2) is 16.0 Å². The molecule has 0 aliphatic heterocycles. The summed E-state index contributed by atoms with van der Waals surface area (Å²) < 4.78 is 5.29. The lowest BCUT2D eigenvalue weighted by Crippen LogP contribution is -2.14. The molecule has 6 nitrogen and oxygen atoms in total. The van der Waals surface area contributed by atoms with E-state index in [1.165, 1.54) is 0 Å². The highest BCUT2D eigenvalue weighted by Gasteiger charge is 2.45. The van der Waals surface area contributed by atoms with Crippen LogP contribution in [0.5, 0.6) is 0 Å². The van der Waals surface area contributed by atoms with Gasteiger partial charge in [0.25, 0.3) is 0 Å². The minimum Gasteiger partial charge on any atom is -0.384 e. The van der Waals surface area contributed by atoms with Crippen LogP contribution in [0.4, 0.5) is 11.7 Å². The van der Waals surface area contributed by atoms with Gasteiger partial charge in [0, 0.05) is 23.2 Å². The first-order chi connectivity index (χ1) is 13.1. The van der Waals surface area contributed by atoms with Crippen molar-refractivity contribution in [1.82, 2.24) is 10.1 Å². The number of aromatic nitrogens is 2. The number of nitrogens with two attached hydrogens (primary N) is 1. The molecule has 2 heterocycles. The Morgan fingerprint density at radius 1 is 1.19 bits per heavy atom. The zero-order chi connectivity index (χ0) is 18.9. The van der Waals surface area contributed by atoms with E-state index in [1.807, 2.05) is 36.4 Å². The number of nitrogens with one attached hydrogen (secondary N) is 1. The van der Waals surface area contributed by atoms with Gasteiger partial charge in [-0.05, 0) is 42.5 Å². The van der Waals surface area contributed by atoms with Gasteiger partial charge in [0.15, 0.2) is 0 Å². The van der Waals surface area contributed by atoms with Crippen molar-refractivity contribution < 1.29 is 9.32 Å². The fourth-order valence-corrected chi connectivity index (χ4v) is 3.28. The molecule has 0 unspecified atom stereocenters. The molecule has 1 saturated carbocycles. The van der Waals surface area contributed by atoms with Crippen molar-refractivity contribution in [2.75, 3.05) is 11.1 Å². The summed E-state index contributed by atoms with van der Waals surface area (Å²) in [5.74, 6) is 0.786. The van der Waals surface area contributed by atoms with Crippen molar-refractivity contribution in [2.24, 2.45) is 0 Å². The van der Waals surface area contributed by atoms with E-state index in [0.717, 1.165) is 41.6 Å². The molecule has 2 aromatic heterocycles. The summed E-state index contributed by atoms with van der Waals surface area (Å²) in [5, 5.41) is 6.92. The number of pyridine rings is 1. The van der Waals surface area contributed by atoms with Crippen LogP contribution in [0, 0.1) is 0 Å². The SMILES string of the molecule is CCC1(c2cc(NC(=O)Cc3ccc(-c4ccc(N)nc4)cc3)on2)CC1. The third-order valence-corrected chi connectivity index (χ3v) is 5.28. The molecule has 0 bridgehead atoms. The quantitative estimate of drug-likeness (QED) is 0.692. The van der Waals surface area contributed by atoms with Gasteiger partial charge in [-0.25, -0.2) is 4.98 Å². The Kier molecular flexibility index (Phi) is 4.39. The number of nitrogens with zero attached hydrogens (tertiary/aromatic N) is 2. The van der Waals surface area contributed by atoms with Crippen molar-refractivity contribution in [2.45, 2.75) is 38.0 Å². The van der Waals surface area contributed by atoms with Crippen LogP contribution in [0.3, 0.4) is 0 Å². The molecule has 27 heavy (non-hydrogen) atoms. The molecular weight excluding hydrogens is 340 g/mol. The minimum absolute atomic E-state index is 0.124. The van der Waals surface area contributed by atoms with E-state index in [4.69, 9.17) is 10.3 Å². The summed E-state index contributed by atoms with van der Waals surface area (Å²) in [5.41, 5.74) is 9.66. The molecule has 1 aliphatic rings. The molecule has 1 amide bonds. The second-order valence-corrected chi connectivity index (χ2v) is 7.10. The number of benzene rings is 1. The molecule has 4 rings (SSSR count). The molecular formula is C21H22N4O2. The first-order valence-electron chi connectivity index (χ1n) is 9.16. The maximum absolute atomic E-state index is 12.3. The first-order valence-corrected chi connectivity index (χ1v) is 9.16. The third kappa shape index (κ3) is 3.69. The van der Waals surface area contributed by atoms with Crippen LogP contribution in [0.1, 0.15) is 37.4 Å². The van der Waals surface area contributed by atoms with Gasteiger partial charge in [0.2, 0.25) is 11.8 Å². The summed E-state index contributed by atoms with van der Waals surface area (Å²) >= 11 is 0. The van der Waals surface area contributed by atoms with Crippen LogP contribution in [0.2, 0.25) is 0 Å². The molecule has 138 valence electrons. The van der Waals surface area contributed by atoms with Gasteiger partial charge in [0.05, 0.1) is 12.1 Å². The summed E-state index contributed by atoms with van der Waals surface area (Å²) in [7, 11) is 0. The molecule has 6 heteroatoms. The van der Waals surface area contributed by atoms with E-state index >= 15 is 0 Å². The molecule has 0 saturated heterocycles. The zero-order valence-electron chi connectivity index (χ0n) is 15.2. The lowest BCUT2D eigenvalue weighted by Gasteiger charge is -2.06. The standard InChI is InChI=1S/C21H22N4O2/c1-2-21(9-10-21)17-12-20(27-25-17)24-19(26)11-14-3-5-15(6-4-14)16-7-8-18(22)23-13-16/h3-8,12-13H,2,9-11H2,1H3,(H2,22,23)(H,24,26). The summed E-state index contributed by atoms with van der Waals surface area (Å²) in [6.07, 6.45) is 5.33. The monoisotopic (exact) mass is 362 g/mol. The summed E-state index contributed by atoms with van der Waals surface area (Å²) in [4.78, 5) is 16.4. The Bertz CT molecular complexity index is 941. The number of carbonyl (C=O) groups excluding carboxylic acids is 1. The largest absolute Gasteiger partial charge is 0.384 e. The molecule has 1 aliphatic carbocycles. The second kappa shape index (κ2) is 6.87. The molecule has 0 spiro atoms. The minimum atomic E-state index is -0.124. The lowest BCUT2D eigenvalue weighted by molar-refractivity contribution is -0.115. The molecule has 1 aromatic carbocycles. The maximum atomic E-state index is 12.3. The highest BCUT2D eigenvalue weighted by atomic mass is 16.5. The number of hydrogen-bond acceptors (Lipinski definition) is 5. The van der Waals surface area contributed by atoms with Crippen molar-refractivity contribution in [3.05, 3.63) is 59.9 Å². The van der Waals surface area contributed by atoms with Gasteiger partial charge in [-0.1, -0.05) is 36.3 Å². The number of anilines is 2. The van der Waals surface area contributed by atoms with Crippen molar-refractivity contribution in [1.29, 1.82) is 0 Å². The Hall–Kier alpha value is -3.15. The number of hydrogen-bond donors (Lipinski definition) is 2. The summed E-state index contributed by atoms with van der Waals surface area (Å²) in [6.45, 7) is 2.16. The number of amides is 1. The highest BCUT2D eigenvalue weighted by molar-refractivity contribution is 5.91. The van der Waals surface area contributed by atoms with Crippen molar-refractivity contribution >= 4 is 17.6 Å². The Balaban J connectivity index is 1.37. The molecule has 0 atom stereocenters. The van der Waals surface area contributed by atoms with Gasteiger partial charge in [-0.3, -0.25) is 10.1 Å². The van der Waals surface area contributed by atoms with Crippen LogP contribution in [-0.2, 0) is 16.6 Å². The Morgan fingerprint density at radius 2 is 1.93 bits per heavy atom. The van der Waals surface area contributed by atoms with Gasteiger partial charge in [-0.15, -0.1) is 0 Å². The van der Waals surface area contributed by atoms with E-state index in [0.29, 0.717) is 11.7 Å². The van der Waals surface area contributed by atoms with Crippen LogP contribution in [0.15, 0.2) is 53.2 Å². The lowest BCUT2D eigenvalue weighted by atomic mass is 10.00. The normalized spacial score (nSPS) is 14.7. The predicted octanol–water partition coefficient (Wildman–Crippen LogP) is 3.94. The van der Waals surface area contributed by atoms with Gasteiger partial charge < -0.3 is 10.3 Å². The number of nitrogen functional groups attached to an aromatic ring is 1. The average molecular weight is 362 g/mol. The smallest absolute Gasteiger partial charge is 0.231 e. The van der Waals surface area contributed by atoms with E-state index in [-0.39, 0.29) is 17.7 Å². The Morgan fingerprint density at radius 3 is 2.56 bits per heavy atom. The third-order valence-electron chi connectivity index (χ3n) is 5.28. The van der Waals surface area contributed by atoms with Crippen LogP contribution in [0.25, 0.3) is 11.1 Å². The highest BCUT2D eigenvalue weighted by Crippen LogP contribution is 2.50. The van der Waals surface area contributed by atoms with E-state index in [9.17, 15) is 4.79 Å². The van der Waals surface area contributed by atoms with E-state index < -0.39 is 0 Å². The van der Waals surface area contributed by atoms with Gasteiger partial charge in [-0.2, -0.15) is 0 Å². The summed E-state index contributed by atoms with van der Waals surface area (Å²) in [6, 6.07) is 13.4. The average Bonchev–Trinajstić information content (AvgIpc) is 3.35. The maximum Gasteiger partial charge on any atom is 0.231 e. The second-order valence-electron chi connectivity index (χ2n) is 7.10. The number of rotatable bonds is 6.